The summed E-state index contributed by atoms with van der Waals surface area (Å²) in [5.41, 5.74) is 10.8. The Morgan fingerprint density at radius 1 is 0.708 bits per heavy atom. The Hall–Kier alpha value is -7.45. The Labute approximate surface area is 422 Å². The molecule has 6 heterocycles. The van der Waals surface area contributed by atoms with Crippen molar-refractivity contribution < 1.29 is 14.3 Å². The lowest BCUT2D eigenvalue weighted by molar-refractivity contribution is -0.120. The van der Waals surface area contributed by atoms with Gasteiger partial charge in [-0.1, -0.05) is 30.3 Å². The van der Waals surface area contributed by atoms with E-state index in [0.717, 1.165) is 110 Å². The summed E-state index contributed by atoms with van der Waals surface area (Å²) in [6.07, 6.45) is 16.3. The van der Waals surface area contributed by atoms with Crippen LogP contribution < -0.4 is 24.6 Å². The van der Waals surface area contributed by atoms with E-state index in [1.807, 2.05) is 61.9 Å². The van der Waals surface area contributed by atoms with Crippen molar-refractivity contribution in [2.75, 3.05) is 76.4 Å². The van der Waals surface area contributed by atoms with Crippen molar-refractivity contribution in [3.05, 3.63) is 138 Å². The van der Waals surface area contributed by atoms with Gasteiger partial charge in [0.25, 0.3) is 0 Å². The third-order valence-corrected chi connectivity index (χ3v) is 15.5. The van der Waals surface area contributed by atoms with Gasteiger partial charge in [0.1, 0.15) is 17.3 Å². The lowest BCUT2D eigenvalue weighted by Gasteiger charge is -2.42. The van der Waals surface area contributed by atoms with Gasteiger partial charge in [-0.15, -0.1) is 0 Å². The summed E-state index contributed by atoms with van der Waals surface area (Å²) in [6, 6.07) is 31.3. The summed E-state index contributed by atoms with van der Waals surface area (Å²) in [5.74, 6) is 3.27. The molecular weight excluding hydrogens is 897 g/mol. The zero-order valence-electron chi connectivity index (χ0n) is 41.7. The number of ketones is 1. The van der Waals surface area contributed by atoms with Crippen LogP contribution in [0.25, 0.3) is 48.5 Å². The van der Waals surface area contributed by atoms with Gasteiger partial charge in [0.05, 0.1) is 54.8 Å². The summed E-state index contributed by atoms with van der Waals surface area (Å²) >= 11 is 0. The summed E-state index contributed by atoms with van der Waals surface area (Å²) in [5, 5.41) is 17.3. The van der Waals surface area contributed by atoms with E-state index in [0.29, 0.717) is 47.8 Å². The number of anilines is 2. The van der Waals surface area contributed by atoms with E-state index in [1.165, 1.54) is 59.0 Å². The maximum Gasteiger partial charge on any atom is 0.189 e. The van der Waals surface area contributed by atoms with E-state index < -0.39 is 0 Å². The van der Waals surface area contributed by atoms with E-state index in [-0.39, 0.29) is 0 Å². The van der Waals surface area contributed by atoms with Crippen LogP contribution in [0.1, 0.15) is 79.9 Å². The molecule has 12 rings (SSSR count). The summed E-state index contributed by atoms with van der Waals surface area (Å²) in [7, 11) is 5.46. The minimum Gasteiger partial charge on any atom is -0.497 e. The number of hydrogen-bond acceptors (Lipinski definition) is 10. The van der Waals surface area contributed by atoms with Crippen molar-refractivity contribution in [2.45, 2.75) is 69.2 Å². The zero-order chi connectivity index (χ0) is 49.6. The molecule has 0 atom stereocenters. The van der Waals surface area contributed by atoms with Crippen LogP contribution in [0.5, 0.6) is 11.5 Å². The molecule has 0 bridgehead atoms. The van der Waals surface area contributed by atoms with E-state index in [4.69, 9.17) is 16.0 Å². The zero-order valence-corrected chi connectivity index (χ0v) is 41.7. The minimum absolute atomic E-state index is 0.395. The fraction of sp³-hybridized carbons (Fsp3) is 0.373. The first-order valence-corrected chi connectivity index (χ1v) is 25.6. The number of rotatable bonds is 7. The second kappa shape index (κ2) is 21.9. The molecular formula is C59H64N10O3. The van der Waals surface area contributed by atoms with Crippen LogP contribution in [0, 0.1) is 17.9 Å². The Morgan fingerprint density at radius 2 is 1.32 bits per heavy atom. The SMILES string of the molecule is COc1cc(N2CCN(C3CCC(c4c[nH]c5cc(C#N)ccc45)CC3)CC2)c2ncccc2c1.COc1cc(N2CCNCC2)c2ncccc2c1.[C-]#[N+]c1ccc2c(C3CCC(=O)CC3)cn(C)c2c1. The minimum atomic E-state index is 0.395. The molecule has 2 aliphatic heterocycles. The van der Waals surface area contributed by atoms with Gasteiger partial charge in [0.2, 0.25) is 0 Å². The largest absolute Gasteiger partial charge is 0.497 e. The molecule has 4 aliphatic rings. The molecule has 0 spiro atoms. The van der Waals surface area contributed by atoms with E-state index >= 15 is 0 Å². The van der Waals surface area contributed by atoms with Gasteiger partial charge in [-0.05, 0) is 104 Å². The first kappa shape index (κ1) is 48.2. The number of aromatic nitrogens is 4. The monoisotopic (exact) mass is 961 g/mol. The van der Waals surface area contributed by atoms with Crippen LogP contribution in [0.4, 0.5) is 17.1 Å². The van der Waals surface area contributed by atoms with Gasteiger partial charge in [-0.2, -0.15) is 5.26 Å². The third-order valence-electron chi connectivity index (χ3n) is 15.5. The Balaban J connectivity index is 0.000000136. The molecule has 0 radical (unpaired) electrons. The van der Waals surface area contributed by atoms with Crippen molar-refractivity contribution in [1.82, 2.24) is 29.7 Å². The number of benzene rings is 4. The fourth-order valence-electron chi connectivity index (χ4n) is 11.6. The fourth-order valence-corrected chi connectivity index (χ4v) is 11.6. The number of nitriles is 1. The molecule has 368 valence electrons. The average molecular weight is 961 g/mol. The number of Topliss-reactive ketones (excluding diaryl/α,β-unsaturated/α-hetero) is 1. The number of H-pyrrole nitrogens is 1. The first-order chi connectivity index (χ1) is 35.3. The van der Waals surface area contributed by atoms with Crippen molar-refractivity contribution >= 4 is 66.5 Å². The van der Waals surface area contributed by atoms with Gasteiger partial charge in [-0.3, -0.25) is 19.7 Å². The van der Waals surface area contributed by atoms with E-state index in [1.54, 1.807) is 14.2 Å². The van der Waals surface area contributed by atoms with Crippen molar-refractivity contribution in [3.8, 4) is 17.6 Å². The average Bonchev–Trinajstić information content (AvgIpc) is 4.03. The predicted octanol–water partition coefficient (Wildman–Crippen LogP) is 11.1. The van der Waals surface area contributed by atoms with Crippen LogP contribution in [0.3, 0.4) is 0 Å². The van der Waals surface area contributed by atoms with Gasteiger partial charge in [0.15, 0.2) is 5.69 Å². The first-order valence-electron chi connectivity index (χ1n) is 25.6. The van der Waals surface area contributed by atoms with Gasteiger partial charge < -0.3 is 34.1 Å². The highest BCUT2D eigenvalue weighted by Gasteiger charge is 2.31. The number of piperazine rings is 2. The second-order valence-corrected chi connectivity index (χ2v) is 19.6. The third kappa shape index (κ3) is 10.3. The van der Waals surface area contributed by atoms with Crippen LogP contribution in [-0.2, 0) is 11.8 Å². The molecule has 8 aromatic rings. The number of hydrogen-bond donors (Lipinski definition) is 2. The molecule has 2 saturated carbocycles. The number of methoxy groups -OCH3 is 2. The molecule has 0 amide bonds. The molecule has 4 aromatic heterocycles. The van der Waals surface area contributed by atoms with Gasteiger partial charge in [-0.25, -0.2) is 4.85 Å². The number of nitrogens with one attached hydrogen (secondary N) is 2. The highest BCUT2D eigenvalue weighted by Crippen LogP contribution is 2.40. The Kier molecular flexibility index (Phi) is 14.7. The number of carbonyl (C=O) groups excluding carboxylic acids is 1. The maximum absolute atomic E-state index is 11.4. The lowest BCUT2D eigenvalue weighted by Crippen LogP contribution is -2.51. The number of carbonyl (C=O) groups is 1. The van der Waals surface area contributed by atoms with Gasteiger partial charge >= 0.3 is 0 Å². The number of ether oxygens (including phenoxy) is 2. The summed E-state index contributed by atoms with van der Waals surface area (Å²) < 4.78 is 13.0. The molecule has 13 heteroatoms. The van der Waals surface area contributed by atoms with Crippen LogP contribution >= 0.6 is 0 Å². The lowest BCUT2D eigenvalue weighted by atomic mass is 9.81. The predicted molar refractivity (Wildman–Crippen MR) is 289 cm³/mol. The number of nitrogens with zero attached hydrogens (tertiary/aromatic N) is 8. The van der Waals surface area contributed by atoms with Crippen LogP contribution in [-0.4, -0.2) is 103 Å². The van der Waals surface area contributed by atoms with E-state index in [9.17, 15) is 10.1 Å². The van der Waals surface area contributed by atoms with Gasteiger partial charge in [0, 0.05) is 148 Å². The molecule has 2 aliphatic carbocycles. The highest BCUT2D eigenvalue weighted by molar-refractivity contribution is 5.94. The maximum atomic E-state index is 11.4. The molecule has 13 nitrogen and oxygen atoms in total. The molecule has 4 aromatic carbocycles. The standard InChI is InChI=1S/C29H31N5O.C16H16N2O.C14H17N3O/c1-35-24-16-22-3-2-10-31-29(22)28(17-24)34-13-11-33(12-14-34)23-7-5-21(6-8-23)26-19-32-27-15-20(18-30)4-9-25(26)27;1-17-12-5-8-14-15(10-18(2)16(14)9-12)11-3-6-13(19)7-4-11;1-18-12-9-11-3-2-4-16-14(11)13(10-12)17-7-5-15-6-8-17/h2-4,9-10,15-17,19,21,23,32H,5-8,11-14H2,1H3;5,8-11H,3-4,6-7H2,2H3;2-4,9-10,15H,5-8H2,1H3. The quantitative estimate of drug-likeness (QED) is 0.149. The normalized spacial score (nSPS) is 18.8. The molecule has 2 saturated heterocycles. The van der Waals surface area contributed by atoms with Crippen molar-refractivity contribution in [2.24, 2.45) is 7.05 Å². The topological polar surface area (TPSA) is 132 Å². The van der Waals surface area contributed by atoms with Crippen molar-refractivity contribution in [3.63, 3.8) is 0 Å². The van der Waals surface area contributed by atoms with Crippen LogP contribution in [0.15, 0.2) is 110 Å². The number of aryl methyl sites for hydroxylation is 1. The highest BCUT2D eigenvalue weighted by atomic mass is 16.5. The second-order valence-electron chi connectivity index (χ2n) is 19.6. The summed E-state index contributed by atoms with van der Waals surface area (Å²) in [6.45, 7) is 15.4. The Bertz CT molecular complexity index is 3280. The Morgan fingerprint density at radius 3 is 1.93 bits per heavy atom. The van der Waals surface area contributed by atoms with Crippen molar-refractivity contribution in [1.29, 1.82) is 5.26 Å². The molecule has 72 heavy (non-hydrogen) atoms. The number of fused-ring (bicyclic) bond motifs is 4. The molecule has 2 N–H and O–H groups in total. The molecule has 0 unspecified atom stereocenters. The van der Waals surface area contributed by atoms with E-state index in [2.05, 4.69) is 105 Å². The summed E-state index contributed by atoms with van der Waals surface area (Å²) in [4.78, 5) is 35.0. The number of aromatic amines is 1. The number of pyridine rings is 2. The molecule has 4 fully saturated rings. The smallest absolute Gasteiger partial charge is 0.189 e. The van der Waals surface area contributed by atoms with Crippen LogP contribution in [0.2, 0.25) is 0 Å².